The number of nitrogens with one attached hydrogen (secondary N) is 3. The van der Waals surface area contributed by atoms with E-state index >= 15 is 0 Å². The second kappa shape index (κ2) is 6.17. The predicted molar refractivity (Wildman–Crippen MR) is 96.5 cm³/mol. The van der Waals surface area contributed by atoms with Gasteiger partial charge in [-0.3, -0.25) is 19.1 Å². The van der Waals surface area contributed by atoms with Gasteiger partial charge in [0.15, 0.2) is 0 Å². The molecule has 1 saturated heterocycles. The minimum Gasteiger partial charge on any atom is -0.356 e. The van der Waals surface area contributed by atoms with Crippen molar-refractivity contribution in [2.75, 3.05) is 18.0 Å². The molecule has 4 rings (SSSR count). The quantitative estimate of drug-likeness (QED) is 0.610. The molecule has 3 aromatic heterocycles. The number of anilines is 1. The topological polar surface area (TPSA) is 116 Å². The fourth-order valence-corrected chi connectivity index (χ4v) is 3.23. The summed E-state index contributed by atoms with van der Waals surface area (Å²) in [7, 11) is 1.43. The summed E-state index contributed by atoms with van der Waals surface area (Å²) >= 11 is 0. The lowest BCUT2D eigenvalue weighted by atomic mass is 10.1. The molecule has 1 aliphatic rings. The molecule has 4 heterocycles. The van der Waals surface area contributed by atoms with Crippen molar-refractivity contribution in [1.82, 2.24) is 24.8 Å². The Morgan fingerprint density at radius 2 is 2.19 bits per heavy atom. The van der Waals surface area contributed by atoms with Gasteiger partial charge in [0.1, 0.15) is 11.5 Å². The van der Waals surface area contributed by atoms with Crippen molar-refractivity contribution in [3.63, 3.8) is 0 Å². The average molecular weight is 354 g/mol. The molecule has 9 nitrogen and oxygen atoms in total. The molecule has 0 saturated carbocycles. The summed E-state index contributed by atoms with van der Waals surface area (Å²) < 4.78 is 1.02. The Morgan fingerprint density at radius 3 is 3.00 bits per heavy atom. The van der Waals surface area contributed by atoms with Gasteiger partial charge in [-0.1, -0.05) is 0 Å². The molecule has 134 valence electrons. The molecule has 26 heavy (non-hydrogen) atoms. The number of aromatic nitrogens is 4. The van der Waals surface area contributed by atoms with Gasteiger partial charge in [0.2, 0.25) is 0 Å². The zero-order chi connectivity index (χ0) is 18.3. The first-order chi connectivity index (χ1) is 12.5. The smallest absolute Gasteiger partial charge is 0.329 e. The molecular weight excluding hydrogens is 336 g/mol. The Labute approximate surface area is 147 Å². The maximum absolute atomic E-state index is 12.6. The summed E-state index contributed by atoms with van der Waals surface area (Å²) in [5, 5.41) is 3.79. The number of hydrogen-bond acceptors (Lipinski definition) is 5. The Kier molecular flexibility index (Phi) is 3.83. The van der Waals surface area contributed by atoms with Crippen LogP contribution < -0.4 is 21.5 Å². The van der Waals surface area contributed by atoms with Gasteiger partial charge in [0.05, 0.1) is 5.56 Å². The molecule has 1 atom stereocenters. The number of amides is 1. The van der Waals surface area contributed by atoms with E-state index in [1.54, 1.807) is 18.5 Å². The Balaban J connectivity index is 1.49. The van der Waals surface area contributed by atoms with Crippen LogP contribution in [0.5, 0.6) is 0 Å². The molecule has 1 amide bonds. The molecule has 0 aliphatic carbocycles. The molecule has 1 fully saturated rings. The molecule has 1 aliphatic heterocycles. The highest BCUT2D eigenvalue weighted by Gasteiger charge is 2.26. The number of pyridine rings is 1. The minimum atomic E-state index is -0.452. The van der Waals surface area contributed by atoms with E-state index < -0.39 is 5.69 Å². The molecule has 0 radical (unpaired) electrons. The summed E-state index contributed by atoms with van der Waals surface area (Å²) in [5.41, 5.74) is 0.426. The number of aromatic amines is 2. The molecule has 0 aromatic carbocycles. The van der Waals surface area contributed by atoms with Crippen molar-refractivity contribution in [2.45, 2.75) is 12.5 Å². The van der Waals surface area contributed by atoms with Gasteiger partial charge in [-0.2, -0.15) is 0 Å². The van der Waals surface area contributed by atoms with E-state index in [0.29, 0.717) is 30.1 Å². The van der Waals surface area contributed by atoms with Gasteiger partial charge >= 0.3 is 5.69 Å². The van der Waals surface area contributed by atoms with Gasteiger partial charge < -0.3 is 15.2 Å². The number of carbonyl (C=O) groups excluding carboxylic acids is 1. The summed E-state index contributed by atoms with van der Waals surface area (Å²) in [4.78, 5) is 47.9. The van der Waals surface area contributed by atoms with Gasteiger partial charge in [0.25, 0.3) is 11.5 Å². The largest absolute Gasteiger partial charge is 0.356 e. The maximum atomic E-state index is 12.6. The molecule has 0 bridgehead atoms. The Hall–Kier alpha value is -3.36. The van der Waals surface area contributed by atoms with Gasteiger partial charge in [-0.25, -0.2) is 9.78 Å². The van der Waals surface area contributed by atoms with Crippen molar-refractivity contribution in [3.8, 4) is 0 Å². The van der Waals surface area contributed by atoms with Crippen LogP contribution in [0.4, 0.5) is 5.82 Å². The van der Waals surface area contributed by atoms with Crippen LogP contribution in [0.25, 0.3) is 11.0 Å². The highest BCUT2D eigenvalue weighted by atomic mass is 16.2. The van der Waals surface area contributed by atoms with Crippen molar-refractivity contribution in [2.24, 2.45) is 7.05 Å². The molecule has 3 aromatic rings. The van der Waals surface area contributed by atoms with Crippen LogP contribution >= 0.6 is 0 Å². The summed E-state index contributed by atoms with van der Waals surface area (Å²) in [6, 6.07) is 4.84. The standard InChI is InChI=1S/C17H18N6O3/c1-22-14(24)8-13(21-17(22)26)23-7-4-10(9-23)20-16(25)12-3-6-19-15-11(12)2-5-18-15/h2-3,5-6,8,10H,4,7,9H2,1H3,(H,18,19)(H,20,25)(H,21,26)/t10-/m0/s1. The first-order valence-electron chi connectivity index (χ1n) is 8.31. The lowest BCUT2D eigenvalue weighted by Gasteiger charge is -2.18. The van der Waals surface area contributed by atoms with Crippen molar-refractivity contribution >= 4 is 22.8 Å². The maximum Gasteiger partial charge on any atom is 0.329 e. The van der Waals surface area contributed by atoms with E-state index in [9.17, 15) is 14.4 Å². The highest BCUT2D eigenvalue weighted by Crippen LogP contribution is 2.18. The van der Waals surface area contributed by atoms with Crippen LogP contribution in [0.15, 0.2) is 40.2 Å². The molecule has 9 heteroatoms. The number of carbonyl (C=O) groups is 1. The zero-order valence-electron chi connectivity index (χ0n) is 14.2. The van der Waals surface area contributed by atoms with Crippen LogP contribution in [-0.4, -0.2) is 44.6 Å². The highest BCUT2D eigenvalue weighted by molar-refractivity contribution is 6.05. The third-order valence-corrected chi connectivity index (χ3v) is 4.70. The van der Waals surface area contributed by atoms with Gasteiger partial charge in [-0.15, -0.1) is 0 Å². The molecule has 3 N–H and O–H groups in total. The summed E-state index contributed by atoms with van der Waals surface area (Å²) in [6.45, 7) is 1.17. The zero-order valence-corrected chi connectivity index (χ0v) is 14.2. The summed E-state index contributed by atoms with van der Waals surface area (Å²) in [5.74, 6) is 0.313. The second-order valence-corrected chi connectivity index (χ2v) is 6.36. The predicted octanol–water partition coefficient (Wildman–Crippen LogP) is -0.0414. The third kappa shape index (κ3) is 2.77. The fourth-order valence-electron chi connectivity index (χ4n) is 3.23. The molecule has 0 unspecified atom stereocenters. The van der Waals surface area contributed by atoms with E-state index in [1.807, 2.05) is 11.0 Å². The van der Waals surface area contributed by atoms with Crippen LogP contribution in [0.3, 0.4) is 0 Å². The van der Waals surface area contributed by atoms with E-state index in [-0.39, 0.29) is 17.5 Å². The lowest BCUT2D eigenvalue weighted by molar-refractivity contribution is 0.0942. The first kappa shape index (κ1) is 16.1. The Morgan fingerprint density at radius 1 is 1.35 bits per heavy atom. The van der Waals surface area contributed by atoms with E-state index in [2.05, 4.69) is 20.3 Å². The number of nitrogens with zero attached hydrogens (tertiary/aromatic N) is 3. The minimum absolute atomic E-state index is 0.0720. The van der Waals surface area contributed by atoms with Crippen molar-refractivity contribution in [1.29, 1.82) is 0 Å². The molecular formula is C17H18N6O3. The SMILES string of the molecule is Cn1c(=O)cc(N2CC[C@H](NC(=O)c3ccnc4[nH]ccc34)C2)[nH]c1=O. The number of fused-ring (bicyclic) bond motifs is 1. The van der Waals surface area contributed by atoms with E-state index in [0.717, 1.165) is 16.4 Å². The van der Waals surface area contributed by atoms with Gasteiger partial charge in [-0.05, 0) is 18.6 Å². The number of hydrogen-bond donors (Lipinski definition) is 3. The van der Waals surface area contributed by atoms with E-state index in [1.165, 1.54) is 13.1 Å². The Bertz CT molecular complexity index is 1060. The second-order valence-electron chi connectivity index (χ2n) is 6.36. The first-order valence-corrected chi connectivity index (χ1v) is 8.31. The monoisotopic (exact) mass is 354 g/mol. The van der Waals surface area contributed by atoms with E-state index in [4.69, 9.17) is 0 Å². The third-order valence-electron chi connectivity index (χ3n) is 4.70. The van der Waals surface area contributed by atoms with Crippen molar-refractivity contribution < 1.29 is 4.79 Å². The number of H-pyrrole nitrogens is 2. The van der Waals surface area contributed by atoms with Crippen LogP contribution in [0, 0.1) is 0 Å². The van der Waals surface area contributed by atoms with Crippen LogP contribution in [0.1, 0.15) is 16.8 Å². The van der Waals surface area contributed by atoms with Crippen molar-refractivity contribution in [3.05, 3.63) is 57.0 Å². The van der Waals surface area contributed by atoms with Crippen LogP contribution in [-0.2, 0) is 7.05 Å². The lowest BCUT2D eigenvalue weighted by Crippen LogP contribution is -2.39. The number of rotatable bonds is 3. The average Bonchev–Trinajstić information content (AvgIpc) is 3.28. The molecule has 0 spiro atoms. The normalized spacial score (nSPS) is 17.0. The van der Waals surface area contributed by atoms with Crippen LogP contribution in [0.2, 0.25) is 0 Å². The summed E-state index contributed by atoms with van der Waals surface area (Å²) in [6.07, 6.45) is 4.07. The fraction of sp³-hybridized carbons (Fsp3) is 0.294. The van der Waals surface area contributed by atoms with Gasteiger partial charge in [0, 0.05) is 50.0 Å².